The van der Waals surface area contributed by atoms with Gasteiger partial charge in [0, 0.05) is 6.04 Å². The van der Waals surface area contributed by atoms with Gasteiger partial charge in [0.1, 0.15) is 5.02 Å². The molecule has 0 amide bonds. The second-order valence-electron chi connectivity index (χ2n) is 5.01. The molecule has 0 aliphatic heterocycles. The molecule has 0 radical (unpaired) electrons. The third-order valence-corrected chi connectivity index (χ3v) is 3.51. The second kappa shape index (κ2) is 4.31. The van der Waals surface area contributed by atoms with Gasteiger partial charge in [-0.05, 0) is 11.8 Å². The van der Waals surface area contributed by atoms with E-state index in [0.29, 0.717) is 11.7 Å². The van der Waals surface area contributed by atoms with Crippen molar-refractivity contribution >= 4 is 17.3 Å². The van der Waals surface area contributed by atoms with Crippen LogP contribution in [0.3, 0.4) is 0 Å². The standard InChI is InChI=1S/C11H16ClN3O2/c1-11(2)5-8(11)14-7-6-13-15(3-4-16)10(17)9(7)12/h6,8,14,16H,3-5H2,1-2H3. The minimum atomic E-state index is -0.371. The van der Waals surface area contributed by atoms with Gasteiger partial charge in [-0.25, -0.2) is 4.68 Å². The Hall–Kier alpha value is -1.07. The van der Waals surface area contributed by atoms with E-state index >= 15 is 0 Å². The number of hydrogen-bond acceptors (Lipinski definition) is 4. The fourth-order valence-electron chi connectivity index (χ4n) is 1.72. The van der Waals surface area contributed by atoms with Crippen molar-refractivity contribution in [1.29, 1.82) is 0 Å². The Morgan fingerprint density at radius 2 is 2.35 bits per heavy atom. The molecule has 1 aromatic rings. The average molecular weight is 258 g/mol. The van der Waals surface area contributed by atoms with E-state index in [4.69, 9.17) is 16.7 Å². The highest BCUT2D eigenvalue weighted by atomic mass is 35.5. The summed E-state index contributed by atoms with van der Waals surface area (Å²) in [5.74, 6) is 0. The Balaban J connectivity index is 2.20. The van der Waals surface area contributed by atoms with Gasteiger partial charge in [-0.1, -0.05) is 25.4 Å². The lowest BCUT2D eigenvalue weighted by molar-refractivity contribution is 0.266. The van der Waals surface area contributed by atoms with Crippen molar-refractivity contribution in [2.75, 3.05) is 11.9 Å². The molecule has 0 saturated heterocycles. The Bertz CT molecular complexity index is 484. The number of rotatable bonds is 4. The average Bonchev–Trinajstić information content (AvgIpc) is 2.86. The maximum Gasteiger partial charge on any atom is 0.287 e. The van der Waals surface area contributed by atoms with Crippen LogP contribution in [-0.2, 0) is 6.54 Å². The molecule has 1 aliphatic carbocycles. The van der Waals surface area contributed by atoms with E-state index in [2.05, 4.69) is 24.3 Å². The van der Waals surface area contributed by atoms with Crippen LogP contribution < -0.4 is 10.9 Å². The van der Waals surface area contributed by atoms with Crippen molar-refractivity contribution in [1.82, 2.24) is 9.78 Å². The molecule has 1 heterocycles. The number of aromatic nitrogens is 2. The summed E-state index contributed by atoms with van der Waals surface area (Å²) in [6.07, 6.45) is 2.59. The van der Waals surface area contributed by atoms with Gasteiger partial charge in [0.2, 0.25) is 0 Å². The predicted octanol–water partition coefficient (Wildman–Crippen LogP) is 1.10. The van der Waals surface area contributed by atoms with Gasteiger partial charge in [0.05, 0.1) is 25.0 Å². The first-order valence-electron chi connectivity index (χ1n) is 5.59. The van der Waals surface area contributed by atoms with Gasteiger partial charge in [-0.2, -0.15) is 5.10 Å². The van der Waals surface area contributed by atoms with E-state index in [9.17, 15) is 4.79 Å². The van der Waals surface area contributed by atoms with Crippen LogP contribution in [0.2, 0.25) is 5.02 Å². The molecule has 1 aliphatic rings. The monoisotopic (exact) mass is 257 g/mol. The highest BCUT2D eigenvalue weighted by molar-refractivity contribution is 6.32. The number of aliphatic hydroxyl groups is 1. The molecule has 94 valence electrons. The number of anilines is 1. The largest absolute Gasteiger partial charge is 0.394 e. The summed E-state index contributed by atoms with van der Waals surface area (Å²) in [5.41, 5.74) is 0.453. The van der Waals surface area contributed by atoms with E-state index in [-0.39, 0.29) is 29.1 Å². The zero-order chi connectivity index (χ0) is 12.6. The van der Waals surface area contributed by atoms with Gasteiger partial charge < -0.3 is 10.4 Å². The predicted molar refractivity (Wildman–Crippen MR) is 66.4 cm³/mol. The molecule has 1 aromatic heterocycles. The van der Waals surface area contributed by atoms with Gasteiger partial charge in [0.15, 0.2) is 0 Å². The number of nitrogens with one attached hydrogen (secondary N) is 1. The summed E-state index contributed by atoms with van der Waals surface area (Å²) >= 11 is 5.98. The first-order chi connectivity index (χ1) is 7.95. The van der Waals surface area contributed by atoms with Gasteiger partial charge in [0.25, 0.3) is 5.56 Å². The summed E-state index contributed by atoms with van der Waals surface area (Å²) in [5, 5.41) is 16.1. The van der Waals surface area contributed by atoms with Crippen LogP contribution in [0.15, 0.2) is 11.0 Å². The van der Waals surface area contributed by atoms with Crippen LogP contribution in [0.5, 0.6) is 0 Å². The summed E-state index contributed by atoms with van der Waals surface area (Å²) in [6, 6.07) is 0.342. The molecule has 0 spiro atoms. The van der Waals surface area contributed by atoms with Gasteiger partial charge >= 0.3 is 0 Å². The first-order valence-corrected chi connectivity index (χ1v) is 5.96. The maximum absolute atomic E-state index is 11.8. The molecular formula is C11H16ClN3O2. The highest BCUT2D eigenvalue weighted by Crippen LogP contribution is 2.46. The molecule has 1 fully saturated rings. The first kappa shape index (κ1) is 12.4. The van der Waals surface area contributed by atoms with E-state index in [0.717, 1.165) is 11.1 Å². The molecule has 2 N–H and O–H groups in total. The van der Waals surface area contributed by atoms with Crippen LogP contribution >= 0.6 is 11.6 Å². The zero-order valence-corrected chi connectivity index (χ0v) is 10.7. The minimum absolute atomic E-state index is 0.133. The molecule has 6 heteroatoms. The lowest BCUT2D eigenvalue weighted by atomic mass is 10.2. The molecule has 1 unspecified atom stereocenters. The third kappa shape index (κ3) is 2.45. The van der Waals surface area contributed by atoms with Crippen LogP contribution in [0.4, 0.5) is 5.69 Å². The van der Waals surface area contributed by atoms with Gasteiger partial charge in [-0.3, -0.25) is 4.79 Å². The van der Waals surface area contributed by atoms with Crippen LogP contribution in [-0.4, -0.2) is 27.5 Å². The second-order valence-corrected chi connectivity index (χ2v) is 5.39. The van der Waals surface area contributed by atoms with Crippen LogP contribution in [0, 0.1) is 5.41 Å². The number of halogens is 1. The molecule has 17 heavy (non-hydrogen) atoms. The maximum atomic E-state index is 11.8. The lowest BCUT2D eigenvalue weighted by Crippen LogP contribution is -2.26. The molecular weight excluding hydrogens is 242 g/mol. The quantitative estimate of drug-likeness (QED) is 0.848. The molecule has 1 atom stereocenters. The van der Waals surface area contributed by atoms with Crippen molar-refractivity contribution in [3.05, 3.63) is 21.6 Å². The molecule has 2 rings (SSSR count). The normalized spacial score (nSPS) is 21.3. The van der Waals surface area contributed by atoms with Crippen molar-refractivity contribution in [2.45, 2.75) is 32.9 Å². The van der Waals surface area contributed by atoms with Crippen molar-refractivity contribution in [3.8, 4) is 0 Å². The number of nitrogens with zero attached hydrogens (tertiary/aromatic N) is 2. The highest BCUT2D eigenvalue weighted by Gasteiger charge is 2.45. The molecule has 1 saturated carbocycles. The van der Waals surface area contributed by atoms with Crippen LogP contribution in [0.1, 0.15) is 20.3 Å². The Kier molecular flexibility index (Phi) is 3.14. The Morgan fingerprint density at radius 1 is 1.71 bits per heavy atom. The number of hydrogen-bond donors (Lipinski definition) is 2. The minimum Gasteiger partial charge on any atom is -0.394 e. The van der Waals surface area contributed by atoms with Crippen molar-refractivity contribution < 1.29 is 5.11 Å². The number of aliphatic hydroxyl groups excluding tert-OH is 1. The summed E-state index contributed by atoms with van der Waals surface area (Å²) in [6.45, 7) is 4.33. The Labute approximate surface area is 104 Å². The molecule has 5 nitrogen and oxygen atoms in total. The summed E-state index contributed by atoms with van der Waals surface area (Å²) < 4.78 is 1.16. The molecule has 0 aromatic carbocycles. The van der Waals surface area contributed by atoms with E-state index in [1.54, 1.807) is 0 Å². The van der Waals surface area contributed by atoms with Crippen molar-refractivity contribution in [2.24, 2.45) is 5.41 Å². The van der Waals surface area contributed by atoms with E-state index < -0.39 is 0 Å². The molecule has 0 bridgehead atoms. The summed E-state index contributed by atoms with van der Waals surface area (Å²) in [4.78, 5) is 11.8. The Morgan fingerprint density at radius 3 is 2.88 bits per heavy atom. The fraction of sp³-hybridized carbons (Fsp3) is 0.636. The van der Waals surface area contributed by atoms with E-state index in [1.165, 1.54) is 6.20 Å². The zero-order valence-electron chi connectivity index (χ0n) is 9.90. The SMILES string of the molecule is CC1(C)CC1Nc1cnn(CCO)c(=O)c1Cl. The topological polar surface area (TPSA) is 67.2 Å². The summed E-state index contributed by atoms with van der Waals surface area (Å²) in [7, 11) is 0. The smallest absolute Gasteiger partial charge is 0.287 e. The lowest BCUT2D eigenvalue weighted by Gasteiger charge is -2.10. The van der Waals surface area contributed by atoms with Crippen LogP contribution in [0.25, 0.3) is 0 Å². The fourth-order valence-corrected chi connectivity index (χ4v) is 1.92. The van der Waals surface area contributed by atoms with Gasteiger partial charge in [-0.15, -0.1) is 0 Å². The van der Waals surface area contributed by atoms with Crippen molar-refractivity contribution in [3.63, 3.8) is 0 Å². The third-order valence-electron chi connectivity index (χ3n) is 3.14. The van der Waals surface area contributed by atoms with E-state index in [1.807, 2.05) is 0 Å².